The molecule has 1 heterocycles. The van der Waals surface area contributed by atoms with Crippen LogP contribution in [0.1, 0.15) is 32.2 Å². The topological polar surface area (TPSA) is 53.6 Å². The van der Waals surface area contributed by atoms with Crippen molar-refractivity contribution in [2.75, 3.05) is 5.32 Å². The third-order valence-corrected chi connectivity index (χ3v) is 3.77. The number of aromatic amines is 1. The van der Waals surface area contributed by atoms with Gasteiger partial charge in [-0.2, -0.15) is 5.10 Å². The van der Waals surface area contributed by atoms with Gasteiger partial charge in [-0.25, -0.2) is 4.98 Å². The van der Waals surface area contributed by atoms with Gasteiger partial charge >= 0.3 is 0 Å². The minimum absolute atomic E-state index is 0.155. The molecule has 0 bridgehead atoms. The molecule has 4 heteroatoms. The Bertz CT molecular complexity index is 752. The van der Waals surface area contributed by atoms with E-state index in [1.807, 2.05) is 30.3 Å². The minimum Gasteiger partial charge on any atom is -0.378 e. The van der Waals surface area contributed by atoms with Crippen LogP contribution in [0, 0.1) is 0 Å². The molecule has 0 amide bonds. The first-order chi connectivity index (χ1) is 11.0. The lowest BCUT2D eigenvalue weighted by Crippen LogP contribution is -2.10. The molecule has 0 unspecified atom stereocenters. The quantitative estimate of drug-likeness (QED) is 0.752. The summed E-state index contributed by atoms with van der Waals surface area (Å²) in [6.07, 6.45) is 0. The average molecular weight is 306 g/mol. The van der Waals surface area contributed by atoms with Crippen molar-refractivity contribution in [2.45, 2.75) is 32.7 Å². The number of hydrogen-bond donors (Lipinski definition) is 2. The van der Waals surface area contributed by atoms with Gasteiger partial charge in [-0.15, -0.1) is 0 Å². The molecule has 0 radical (unpaired) electrons. The highest BCUT2D eigenvalue weighted by atomic mass is 15.2. The number of anilines is 1. The summed E-state index contributed by atoms with van der Waals surface area (Å²) in [5.74, 6) is 1.55. The molecule has 0 aliphatic rings. The summed E-state index contributed by atoms with van der Waals surface area (Å²) < 4.78 is 0. The molecule has 0 saturated carbocycles. The summed E-state index contributed by atoms with van der Waals surface area (Å²) in [5.41, 5.74) is 3.56. The third kappa shape index (κ3) is 3.77. The van der Waals surface area contributed by atoms with Crippen LogP contribution in [0.3, 0.4) is 0 Å². The van der Waals surface area contributed by atoms with Crippen molar-refractivity contribution in [3.8, 4) is 11.4 Å². The molecule has 0 saturated heterocycles. The predicted molar refractivity (Wildman–Crippen MR) is 94.3 cm³/mol. The second-order valence-corrected chi connectivity index (χ2v) is 6.65. The van der Waals surface area contributed by atoms with Crippen molar-refractivity contribution in [1.82, 2.24) is 15.2 Å². The van der Waals surface area contributed by atoms with Gasteiger partial charge in [-0.1, -0.05) is 63.2 Å². The van der Waals surface area contributed by atoms with E-state index in [-0.39, 0.29) is 5.41 Å². The molecule has 0 fully saturated rings. The fraction of sp³-hybridized carbons (Fsp3) is 0.263. The molecule has 4 nitrogen and oxygen atoms in total. The van der Waals surface area contributed by atoms with Crippen molar-refractivity contribution < 1.29 is 0 Å². The summed E-state index contributed by atoms with van der Waals surface area (Å²) in [4.78, 5) is 4.56. The van der Waals surface area contributed by atoms with Crippen molar-refractivity contribution in [3.05, 3.63) is 66.0 Å². The van der Waals surface area contributed by atoms with Crippen LogP contribution in [0.25, 0.3) is 11.4 Å². The van der Waals surface area contributed by atoms with E-state index in [0.717, 1.165) is 22.9 Å². The largest absolute Gasteiger partial charge is 0.378 e. The van der Waals surface area contributed by atoms with Crippen LogP contribution in [-0.4, -0.2) is 15.2 Å². The highest BCUT2D eigenvalue weighted by Gasteiger charge is 2.14. The Balaban J connectivity index is 1.69. The molecule has 0 aliphatic carbocycles. The van der Waals surface area contributed by atoms with Gasteiger partial charge in [-0.05, 0) is 23.1 Å². The number of aromatic nitrogens is 3. The highest BCUT2D eigenvalue weighted by Crippen LogP contribution is 2.24. The Morgan fingerprint density at radius 3 is 2.30 bits per heavy atom. The van der Waals surface area contributed by atoms with Crippen LogP contribution in [0.2, 0.25) is 0 Å². The maximum atomic E-state index is 4.56. The summed E-state index contributed by atoms with van der Waals surface area (Å²) in [6.45, 7) is 7.25. The number of benzene rings is 2. The first-order valence-electron chi connectivity index (χ1n) is 7.83. The van der Waals surface area contributed by atoms with Crippen LogP contribution in [0.5, 0.6) is 0 Å². The lowest BCUT2D eigenvalue weighted by Gasteiger charge is -2.18. The molecule has 118 valence electrons. The monoisotopic (exact) mass is 306 g/mol. The Morgan fingerprint density at radius 1 is 0.957 bits per heavy atom. The normalized spacial score (nSPS) is 11.4. The Labute approximate surface area is 137 Å². The van der Waals surface area contributed by atoms with Crippen molar-refractivity contribution in [1.29, 1.82) is 0 Å². The van der Waals surface area contributed by atoms with E-state index in [2.05, 4.69) is 65.5 Å². The molecule has 0 aliphatic heterocycles. The van der Waals surface area contributed by atoms with Crippen LogP contribution < -0.4 is 5.32 Å². The first-order valence-corrected chi connectivity index (χ1v) is 7.83. The van der Waals surface area contributed by atoms with Gasteiger partial charge in [0.25, 0.3) is 0 Å². The van der Waals surface area contributed by atoms with Crippen LogP contribution in [0.4, 0.5) is 5.69 Å². The lowest BCUT2D eigenvalue weighted by molar-refractivity contribution is 0.590. The van der Waals surface area contributed by atoms with Crippen LogP contribution >= 0.6 is 0 Å². The van der Waals surface area contributed by atoms with Crippen molar-refractivity contribution in [3.63, 3.8) is 0 Å². The van der Waals surface area contributed by atoms with Gasteiger partial charge in [0, 0.05) is 11.3 Å². The Morgan fingerprint density at radius 2 is 1.65 bits per heavy atom. The lowest BCUT2D eigenvalue weighted by atomic mass is 9.87. The third-order valence-electron chi connectivity index (χ3n) is 3.77. The summed E-state index contributed by atoms with van der Waals surface area (Å²) in [7, 11) is 0. The van der Waals surface area contributed by atoms with E-state index in [4.69, 9.17) is 0 Å². The predicted octanol–water partition coefficient (Wildman–Crippen LogP) is 4.38. The number of para-hydroxylation sites is 1. The molecule has 0 spiro atoms. The summed E-state index contributed by atoms with van der Waals surface area (Å²) in [6, 6.07) is 18.5. The molecule has 0 atom stereocenters. The second-order valence-electron chi connectivity index (χ2n) is 6.65. The van der Waals surface area contributed by atoms with E-state index in [1.54, 1.807) is 0 Å². The number of nitrogens with zero attached hydrogens (tertiary/aromatic N) is 2. The van der Waals surface area contributed by atoms with E-state index < -0.39 is 0 Å². The van der Waals surface area contributed by atoms with Crippen molar-refractivity contribution in [2.24, 2.45) is 0 Å². The van der Waals surface area contributed by atoms with E-state index in [0.29, 0.717) is 6.54 Å². The molecular weight excluding hydrogens is 284 g/mol. The summed E-state index contributed by atoms with van der Waals surface area (Å²) in [5, 5.41) is 10.6. The van der Waals surface area contributed by atoms with Gasteiger partial charge in [0.1, 0.15) is 5.82 Å². The second kappa shape index (κ2) is 6.24. The molecular formula is C19H22N4. The fourth-order valence-electron chi connectivity index (χ4n) is 2.36. The van der Waals surface area contributed by atoms with Gasteiger partial charge in [0.05, 0.1) is 6.54 Å². The van der Waals surface area contributed by atoms with E-state index in [9.17, 15) is 0 Å². The molecule has 23 heavy (non-hydrogen) atoms. The Kier molecular flexibility index (Phi) is 4.15. The molecule has 2 N–H and O–H groups in total. The molecule has 3 rings (SSSR count). The maximum absolute atomic E-state index is 4.56. The maximum Gasteiger partial charge on any atom is 0.181 e. The molecule has 2 aromatic carbocycles. The number of H-pyrrole nitrogens is 1. The molecule has 3 aromatic rings. The first kappa shape index (κ1) is 15.3. The number of hydrogen-bond acceptors (Lipinski definition) is 3. The van der Waals surface area contributed by atoms with E-state index in [1.165, 1.54) is 5.56 Å². The zero-order valence-electron chi connectivity index (χ0n) is 13.8. The van der Waals surface area contributed by atoms with Crippen LogP contribution in [-0.2, 0) is 12.0 Å². The SMILES string of the molecule is CC(C)(C)c1ccc(-c2n[nH]c(CNc3ccccc3)n2)cc1. The van der Waals surface area contributed by atoms with Crippen LogP contribution in [0.15, 0.2) is 54.6 Å². The standard InChI is InChI=1S/C19H22N4/c1-19(2,3)15-11-9-14(10-12-15)18-21-17(22-23-18)13-20-16-7-5-4-6-8-16/h4-12,20H,13H2,1-3H3,(H,21,22,23). The zero-order valence-corrected chi connectivity index (χ0v) is 13.8. The average Bonchev–Trinajstić information content (AvgIpc) is 3.02. The van der Waals surface area contributed by atoms with Gasteiger partial charge in [0.15, 0.2) is 5.82 Å². The Hall–Kier alpha value is -2.62. The van der Waals surface area contributed by atoms with Gasteiger partial charge in [-0.3, -0.25) is 5.10 Å². The number of nitrogens with one attached hydrogen (secondary N) is 2. The van der Waals surface area contributed by atoms with Gasteiger partial charge < -0.3 is 5.32 Å². The van der Waals surface area contributed by atoms with Crippen molar-refractivity contribution >= 4 is 5.69 Å². The minimum atomic E-state index is 0.155. The fourth-order valence-corrected chi connectivity index (χ4v) is 2.36. The smallest absolute Gasteiger partial charge is 0.181 e. The number of rotatable bonds is 4. The highest BCUT2D eigenvalue weighted by molar-refractivity contribution is 5.55. The van der Waals surface area contributed by atoms with Gasteiger partial charge in [0.2, 0.25) is 0 Å². The molecule has 1 aromatic heterocycles. The van der Waals surface area contributed by atoms with E-state index >= 15 is 0 Å². The summed E-state index contributed by atoms with van der Waals surface area (Å²) >= 11 is 0. The zero-order chi connectivity index (χ0) is 16.3.